The lowest BCUT2D eigenvalue weighted by molar-refractivity contribution is -0.384. The number of hydrogen-bond donors (Lipinski definition) is 0. The average molecular weight is 416 g/mol. The van der Waals surface area contributed by atoms with Crippen LogP contribution < -0.4 is 14.2 Å². The van der Waals surface area contributed by atoms with Gasteiger partial charge in [-0.05, 0) is 30.3 Å². The van der Waals surface area contributed by atoms with Crippen molar-refractivity contribution in [2.75, 3.05) is 14.2 Å². The minimum atomic E-state index is -0.889. The van der Waals surface area contributed by atoms with Crippen LogP contribution in [0.4, 0.5) is 5.69 Å². The van der Waals surface area contributed by atoms with E-state index in [9.17, 15) is 14.9 Å². The van der Waals surface area contributed by atoms with E-state index >= 15 is 0 Å². The molecule has 1 heterocycles. The molecular formula is C19H14ClN3O6. The topological polar surface area (TPSA) is 114 Å². The first-order valence-electron chi connectivity index (χ1n) is 8.15. The minimum absolute atomic E-state index is 0.0197. The maximum Gasteiger partial charge on any atom is 0.346 e. The smallest absolute Gasteiger partial charge is 0.346 e. The molecule has 1 aromatic heterocycles. The lowest BCUT2D eigenvalue weighted by Gasteiger charge is -2.10. The summed E-state index contributed by atoms with van der Waals surface area (Å²) in [6.45, 7) is 0. The Morgan fingerprint density at radius 2 is 1.83 bits per heavy atom. The molecule has 9 nitrogen and oxygen atoms in total. The largest absolute Gasteiger partial charge is 0.497 e. The Hall–Kier alpha value is -3.72. The number of methoxy groups -OCH3 is 2. The van der Waals surface area contributed by atoms with Crippen LogP contribution in [0.2, 0.25) is 5.02 Å². The number of aromatic nitrogens is 2. The zero-order chi connectivity index (χ0) is 21.0. The summed E-state index contributed by atoms with van der Waals surface area (Å²) < 4.78 is 15.7. The first-order chi connectivity index (χ1) is 13.9. The number of hydrogen-bond acceptors (Lipinski definition) is 8. The van der Waals surface area contributed by atoms with Gasteiger partial charge in [-0.1, -0.05) is 11.6 Å². The van der Waals surface area contributed by atoms with Gasteiger partial charge in [0.05, 0.1) is 35.4 Å². The third-order valence-corrected chi connectivity index (χ3v) is 4.23. The Balaban J connectivity index is 1.84. The van der Waals surface area contributed by atoms with Crippen LogP contribution >= 0.6 is 11.6 Å². The third-order valence-electron chi connectivity index (χ3n) is 3.90. The van der Waals surface area contributed by atoms with Gasteiger partial charge in [-0.3, -0.25) is 10.1 Å². The van der Waals surface area contributed by atoms with E-state index in [1.165, 1.54) is 25.3 Å². The molecule has 0 aliphatic heterocycles. The summed E-state index contributed by atoms with van der Waals surface area (Å²) in [5.41, 5.74) is 0.669. The molecule has 0 amide bonds. The molecule has 0 unspecified atom stereocenters. The molecule has 0 radical (unpaired) electrons. The highest BCUT2D eigenvalue weighted by molar-refractivity contribution is 6.33. The molecule has 0 bridgehead atoms. The van der Waals surface area contributed by atoms with Crippen molar-refractivity contribution in [3.63, 3.8) is 0 Å². The minimum Gasteiger partial charge on any atom is -0.497 e. The Morgan fingerprint density at radius 1 is 1.03 bits per heavy atom. The van der Waals surface area contributed by atoms with Gasteiger partial charge in [-0.25, -0.2) is 4.79 Å². The fraction of sp³-hybridized carbons (Fsp3) is 0.105. The Labute approximate surface area is 170 Å². The number of rotatable bonds is 6. The second-order valence-corrected chi connectivity index (χ2v) is 6.04. The van der Waals surface area contributed by atoms with Crippen LogP contribution in [0.25, 0.3) is 11.3 Å². The Kier molecular flexibility index (Phi) is 5.89. The Bertz CT molecular complexity index is 1070. The van der Waals surface area contributed by atoms with E-state index in [0.29, 0.717) is 22.8 Å². The number of carbonyl (C=O) groups is 1. The van der Waals surface area contributed by atoms with Gasteiger partial charge in [0, 0.05) is 23.8 Å². The summed E-state index contributed by atoms with van der Waals surface area (Å²) in [5.74, 6) is 0.189. The van der Waals surface area contributed by atoms with E-state index in [1.807, 2.05) is 0 Å². The fourth-order valence-corrected chi connectivity index (χ4v) is 2.66. The molecule has 0 saturated carbocycles. The van der Waals surface area contributed by atoms with Gasteiger partial charge < -0.3 is 14.2 Å². The second kappa shape index (κ2) is 8.53. The van der Waals surface area contributed by atoms with E-state index in [0.717, 1.165) is 6.07 Å². The molecule has 0 aliphatic rings. The molecule has 0 spiro atoms. The Morgan fingerprint density at radius 3 is 2.45 bits per heavy atom. The standard InChI is InChI=1S/C19H14ClN3O6/c1-27-12-4-7-17(28-2)14(10-12)16-6-8-18(22-21-16)29-19(24)13-9-11(23(25)26)3-5-15(13)20/h3-10H,1-2H3. The number of nitrogens with zero attached hydrogens (tertiary/aromatic N) is 3. The molecule has 2 aromatic carbocycles. The molecule has 0 fully saturated rings. The molecule has 148 valence electrons. The van der Waals surface area contributed by atoms with Crippen LogP contribution in [0.15, 0.2) is 48.5 Å². The molecule has 0 atom stereocenters. The summed E-state index contributed by atoms with van der Waals surface area (Å²) in [4.78, 5) is 22.6. The first-order valence-corrected chi connectivity index (χ1v) is 8.53. The van der Waals surface area contributed by atoms with Crippen molar-refractivity contribution in [3.8, 4) is 28.6 Å². The second-order valence-electron chi connectivity index (χ2n) is 5.63. The van der Waals surface area contributed by atoms with Crippen LogP contribution in [0.1, 0.15) is 10.4 Å². The summed E-state index contributed by atoms with van der Waals surface area (Å²) in [7, 11) is 3.07. The molecule has 0 N–H and O–H groups in total. The number of nitro benzene ring substituents is 1. The fourth-order valence-electron chi connectivity index (χ4n) is 2.47. The first kappa shape index (κ1) is 20.0. The summed E-state index contributed by atoms with van der Waals surface area (Å²) in [5, 5.41) is 18.8. The zero-order valence-corrected chi connectivity index (χ0v) is 16.0. The van der Waals surface area contributed by atoms with Crippen molar-refractivity contribution in [1.82, 2.24) is 10.2 Å². The third kappa shape index (κ3) is 4.41. The maximum atomic E-state index is 12.3. The molecule has 0 saturated heterocycles. The van der Waals surface area contributed by atoms with Crippen LogP contribution in [0, 0.1) is 10.1 Å². The SMILES string of the molecule is COc1ccc(OC)c(-c2ccc(OC(=O)c3cc([N+](=O)[O-])ccc3Cl)nn2)c1. The van der Waals surface area contributed by atoms with Crippen LogP contribution in [0.3, 0.4) is 0 Å². The van der Waals surface area contributed by atoms with Gasteiger partial charge in [-0.15, -0.1) is 10.2 Å². The lowest BCUT2D eigenvalue weighted by atomic mass is 10.1. The highest BCUT2D eigenvalue weighted by Gasteiger charge is 2.19. The van der Waals surface area contributed by atoms with Crippen molar-refractivity contribution in [3.05, 3.63) is 69.2 Å². The number of halogens is 1. The van der Waals surface area contributed by atoms with E-state index in [4.69, 9.17) is 25.8 Å². The number of benzene rings is 2. The highest BCUT2D eigenvalue weighted by atomic mass is 35.5. The lowest BCUT2D eigenvalue weighted by Crippen LogP contribution is -2.11. The van der Waals surface area contributed by atoms with E-state index in [1.54, 1.807) is 31.4 Å². The number of nitro groups is 1. The van der Waals surface area contributed by atoms with Crippen molar-refractivity contribution in [2.24, 2.45) is 0 Å². The van der Waals surface area contributed by atoms with E-state index in [-0.39, 0.29) is 22.2 Å². The highest BCUT2D eigenvalue weighted by Crippen LogP contribution is 2.32. The zero-order valence-electron chi connectivity index (χ0n) is 15.3. The normalized spacial score (nSPS) is 10.3. The van der Waals surface area contributed by atoms with Crippen LogP contribution in [0.5, 0.6) is 17.4 Å². The predicted octanol–water partition coefficient (Wildman–Crippen LogP) is 3.94. The van der Waals surface area contributed by atoms with Gasteiger partial charge in [0.25, 0.3) is 5.69 Å². The van der Waals surface area contributed by atoms with Crippen molar-refractivity contribution < 1.29 is 23.9 Å². The predicted molar refractivity (Wildman–Crippen MR) is 104 cm³/mol. The summed E-state index contributed by atoms with van der Waals surface area (Å²) in [6, 6.07) is 11.7. The molecule has 3 rings (SSSR count). The van der Waals surface area contributed by atoms with Crippen LogP contribution in [-0.4, -0.2) is 35.3 Å². The van der Waals surface area contributed by atoms with Crippen LogP contribution in [-0.2, 0) is 0 Å². The van der Waals surface area contributed by atoms with Gasteiger partial charge in [0.1, 0.15) is 11.5 Å². The summed E-state index contributed by atoms with van der Waals surface area (Å²) >= 11 is 5.94. The molecule has 10 heteroatoms. The maximum absolute atomic E-state index is 12.3. The van der Waals surface area contributed by atoms with E-state index < -0.39 is 10.9 Å². The molecular weight excluding hydrogens is 402 g/mol. The quantitative estimate of drug-likeness (QED) is 0.338. The van der Waals surface area contributed by atoms with Gasteiger partial charge in [0.15, 0.2) is 0 Å². The van der Waals surface area contributed by atoms with E-state index in [2.05, 4.69) is 10.2 Å². The van der Waals surface area contributed by atoms with Crippen molar-refractivity contribution in [1.29, 1.82) is 0 Å². The van der Waals surface area contributed by atoms with Gasteiger partial charge >= 0.3 is 5.97 Å². The van der Waals surface area contributed by atoms with Gasteiger partial charge in [0.2, 0.25) is 5.88 Å². The van der Waals surface area contributed by atoms with Gasteiger partial charge in [-0.2, -0.15) is 0 Å². The molecule has 29 heavy (non-hydrogen) atoms. The molecule has 3 aromatic rings. The van der Waals surface area contributed by atoms with Crippen molar-refractivity contribution >= 4 is 23.3 Å². The average Bonchev–Trinajstić information content (AvgIpc) is 2.73. The number of esters is 1. The summed E-state index contributed by atoms with van der Waals surface area (Å²) in [6.07, 6.45) is 0. The molecule has 0 aliphatic carbocycles. The number of non-ortho nitro benzene ring substituents is 1. The van der Waals surface area contributed by atoms with Crippen molar-refractivity contribution in [2.45, 2.75) is 0 Å². The monoisotopic (exact) mass is 415 g/mol. The number of carbonyl (C=O) groups excluding carboxylic acids is 1. The number of ether oxygens (including phenoxy) is 3.